The zero-order valence-electron chi connectivity index (χ0n) is 9.74. The Morgan fingerprint density at radius 2 is 2.00 bits per heavy atom. The molecule has 2 heteroatoms. The Bertz CT molecular complexity index is 431. The quantitative estimate of drug-likeness (QED) is 0.477. The number of fused-ring (bicyclic) bond motifs is 1. The van der Waals surface area contributed by atoms with E-state index in [9.17, 15) is 0 Å². The summed E-state index contributed by atoms with van der Waals surface area (Å²) in [5.74, 6) is 1.26. The molecule has 0 aliphatic heterocycles. The van der Waals surface area contributed by atoms with Crippen molar-refractivity contribution in [3.05, 3.63) is 29.6 Å². The van der Waals surface area contributed by atoms with E-state index in [2.05, 4.69) is 36.6 Å². The Hall–Kier alpha value is -0.470. The molecule has 0 fully saturated rings. The first-order valence-electron chi connectivity index (χ1n) is 6.01. The van der Waals surface area contributed by atoms with Gasteiger partial charge in [0.15, 0.2) is 0 Å². The second-order valence-corrected chi connectivity index (χ2v) is 6.05. The molecule has 0 aliphatic rings. The lowest BCUT2D eigenvalue weighted by Crippen LogP contribution is -1.80. The molecule has 16 heavy (non-hydrogen) atoms. The lowest BCUT2D eigenvalue weighted by molar-refractivity contribution is 0.706. The van der Waals surface area contributed by atoms with Crippen LogP contribution in [0.1, 0.15) is 32.6 Å². The van der Waals surface area contributed by atoms with Crippen LogP contribution in [0.2, 0.25) is 0 Å². The molecule has 0 saturated heterocycles. The lowest BCUT2D eigenvalue weighted by atomic mass is 10.2. The Morgan fingerprint density at radius 1 is 1.12 bits per heavy atom. The van der Waals surface area contributed by atoms with Crippen LogP contribution in [-0.2, 0) is 0 Å². The Balaban J connectivity index is 1.89. The van der Waals surface area contributed by atoms with Crippen LogP contribution in [0.5, 0.6) is 0 Å². The largest absolute Gasteiger partial charge is 0.143 e. The predicted octanol–water partition coefficient (Wildman–Crippen LogP) is 5.57. The molecule has 0 N–H and O–H groups in total. The van der Waals surface area contributed by atoms with Crippen molar-refractivity contribution < 1.29 is 0 Å². The van der Waals surface area contributed by atoms with Crippen LogP contribution in [0, 0.1) is 0 Å². The molecule has 2 rings (SSSR count). The van der Waals surface area contributed by atoms with E-state index in [1.165, 1.54) is 46.4 Å². The van der Waals surface area contributed by atoms with Crippen LogP contribution in [-0.4, -0.2) is 5.75 Å². The third-order valence-corrected chi connectivity index (χ3v) is 4.96. The topological polar surface area (TPSA) is 0 Å². The van der Waals surface area contributed by atoms with E-state index < -0.39 is 0 Å². The van der Waals surface area contributed by atoms with E-state index in [1.54, 1.807) is 0 Å². The molecule has 0 aliphatic carbocycles. The van der Waals surface area contributed by atoms with Crippen LogP contribution in [0.15, 0.2) is 34.5 Å². The summed E-state index contributed by atoms with van der Waals surface area (Å²) >= 11 is 3.88. The van der Waals surface area contributed by atoms with Crippen molar-refractivity contribution in [2.45, 2.75) is 37.5 Å². The SMILES string of the molecule is CCCCCCSc1csc2ccccc12. The highest BCUT2D eigenvalue weighted by Crippen LogP contribution is 2.33. The summed E-state index contributed by atoms with van der Waals surface area (Å²) in [5, 5.41) is 3.74. The maximum Gasteiger partial charge on any atom is 0.0354 e. The summed E-state index contributed by atoms with van der Waals surface area (Å²) in [5.41, 5.74) is 0. The average molecular weight is 250 g/mol. The van der Waals surface area contributed by atoms with Gasteiger partial charge in [0, 0.05) is 20.4 Å². The maximum atomic E-state index is 2.30. The first kappa shape index (κ1) is 12.0. The number of unbranched alkanes of at least 4 members (excludes halogenated alkanes) is 3. The van der Waals surface area contributed by atoms with Crippen LogP contribution in [0.4, 0.5) is 0 Å². The standard InChI is InChI=1S/C14H18S2/c1-2-3-4-7-10-15-14-11-16-13-9-6-5-8-12(13)14/h5-6,8-9,11H,2-4,7,10H2,1H3. The van der Waals surface area contributed by atoms with Gasteiger partial charge in [0.05, 0.1) is 0 Å². The van der Waals surface area contributed by atoms with E-state index in [0.29, 0.717) is 0 Å². The fourth-order valence-electron chi connectivity index (χ4n) is 1.78. The average Bonchev–Trinajstić information content (AvgIpc) is 2.73. The molecule has 0 radical (unpaired) electrons. The zero-order chi connectivity index (χ0) is 11.2. The molecule has 0 bridgehead atoms. The minimum absolute atomic E-state index is 1.26. The normalized spacial score (nSPS) is 11.1. The van der Waals surface area contributed by atoms with E-state index in [1.807, 2.05) is 23.1 Å². The molecule has 86 valence electrons. The molecule has 0 atom stereocenters. The van der Waals surface area contributed by atoms with Gasteiger partial charge in [-0.3, -0.25) is 0 Å². The van der Waals surface area contributed by atoms with E-state index in [0.717, 1.165) is 0 Å². The van der Waals surface area contributed by atoms with Crippen molar-refractivity contribution in [2.24, 2.45) is 0 Å². The molecule has 1 aromatic heterocycles. The maximum absolute atomic E-state index is 2.30. The minimum Gasteiger partial charge on any atom is -0.143 e. The van der Waals surface area contributed by atoms with Gasteiger partial charge >= 0.3 is 0 Å². The number of hydrogen-bond acceptors (Lipinski definition) is 2. The van der Waals surface area contributed by atoms with Gasteiger partial charge in [0.2, 0.25) is 0 Å². The number of benzene rings is 1. The fraction of sp³-hybridized carbons (Fsp3) is 0.429. The van der Waals surface area contributed by atoms with Crippen molar-refractivity contribution in [1.82, 2.24) is 0 Å². The van der Waals surface area contributed by atoms with Crippen molar-refractivity contribution in [3.63, 3.8) is 0 Å². The van der Waals surface area contributed by atoms with Crippen molar-refractivity contribution in [1.29, 1.82) is 0 Å². The smallest absolute Gasteiger partial charge is 0.0354 e. The Morgan fingerprint density at radius 3 is 2.88 bits per heavy atom. The molecule has 2 aromatic rings. The summed E-state index contributed by atoms with van der Waals surface area (Å²) in [6, 6.07) is 8.70. The predicted molar refractivity (Wildman–Crippen MR) is 76.7 cm³/mol. The first-order valence-corrected chi connectivity index (χ1v) is 7.87. The molecular weight excluding hydrogens is 232 g/mol. The molecule has 0 spiro atoms. The molecule has 1 heterocycles. The van der Waals surface area contributed by atoms with Crippen LogP contribution >= 0.6 is 23.1 Å². The van der Waals surface area contributed by atoms with Gasteiger partial charge in [0.25, 0.3) is 0 Å². The summed E-state index contributed by atoms with van der Waals surface area (Å²) in [6.07, 6.45) is 5.44. The summed E-state index contributed by atoms with van der Waals surface area (Å²) in [7, 11) is 0. The molecule has 0 nitrogen and oxygen atoms in total. The summed E-state index contributed by atoms with van der Waals surface area (Å²) < 4.78 is 1.42. The van der Waals surface area contributed by atoms with Gasteiger partial charge in [-0.2, -0.15) is 0 Å². The number of thioether (sulfide) groups is 1. The molecule has 1 aromatic carbocycles. The van der Waals surface area contributed by atoms with Crippen molar-refractivity contribution >= 4 is 33.2 Å². The van der Waals surface area contributed by atoms with Gasteiger partial charge < -0.3 is 0 Å². The van der Waals surface area contributed by atoms with Gasteiger partial charge in [-0.1, -0.05) is 44.4 Å². The van der Waals surface area contributed by atoms with Crippen LogP contribution < -0.4 is 0 Å². The van der Waals surface area contributed by atoms with E-state index >= 15 is 0 Å². The van der Waals surface area contributed by atoms with Crippen LogP contribution in [0.3, 0.4) is 0 Å². The van der Waals surface area contributed by atoms with E-state index in [-0.39, 0.29) is 0 Å². The van der Waals surface area contributed by atoms with Crippen LogP contribution in [0.25, 0.3) is 10.1 Å². The highest BCUT2D eigenvalue weighted by atomic mass is 32.2. The fourth-order valence-corrected chi connectivity index (χ4v) is 3.98. The number of thiophene rings is 1. The lowest BCUT2D eigenvalue weighted by Gasteiger charge is -2.00. The summed E-state index contributed by atoms with van der Waals surface area (Å²) in [4.78, 5) is 1.47. The number of hydrogen-bond donors (Lipinski definition) is 0. The first-order chi connectivity index (χ1) is 7.92. The molecule has 0 unspecified atom stereocenters. The van der Waals surface area contributed by atoms with Crippen molar-refractivity contribution in [3.8, 4) is 0 Å². The highest BCUT2D eigenvalue weighted by Gasteiger charge is 2.02. The van der Waals surface area contributed by atoms with Gasteiger partial charge in [-0.25, -0.2) is 0 Å². The second-order valence-electron chi connectivity index (χ2n) is 4.01. The summed E-state index contributed by atoms with van der Waals surface area (Å²) in [6.45, 7) is 2.26. The molecule has 0 saturated carbocycles. The van der Waals surface area contributed by atoms with Crippen molar-refractivity contribution in [2.75, 3.05) is 5.75 Å². The number of rotatable bonds is 6. The third-order valence-electron chi connectivity index (χ3n) is 2.70. The third kappa shape index (κ3) is 3.02. The Labute approximate surface area is 106 Å². The van der Waals surface area contributed by atoms with E-state index in [4.69, 9.17) is 0 Å². The van der Waals surface area contributed by atoms with Gasteiger partial charge in [-0.05, 0) is 18.2 Å². The van der Waals surface area contributed by atoms with Gasteiger partial charge in [-0.15, -0.1) is 23.1 Å². The molecule has 0 amide bonds. The minimum atomic E-state index is 1.26. The highest BCUT2D eigenvalue weighted by molar-refractivity contribution is 7.99. The monoisotopic (exact) mass is 250 g/mol. The second kappa shape index (κ2) is 6.31. The zero-order valence-corrected chi connectivity index (χ0v) is 11.4. The Kier molecular flexibility index (Phi) is 4.73. The van der Waals surface area contributed by atoms with Gasteiger partial charge in [0.1, 0.15) is 0 Å². The molecular formula is C14H18S2.